The fraction of sp³-hybridized carbons (Fsp3) is 0.692. The third kappa shape index (κ3) is 3.61. The number of piperidine rings is 1. The minimum Gasteiger partial charge on any atom is -0.477 e. The number of hydrogen-bond acceptors (Lipinski definition) is 5. The predicted molar refractivity (Wildman–Crippen MR) is 81.4 cm³/mol. The molecule has 118 valence electrons. The number of carboxylic acid groups (broad SMARTS) is 1. The summed E-state index contributed by atoms with van der Waals surface area (Å²) in [4.78, 5) is 15.7. The molecule has 0 spiro atoms. The molecule has 8 heteroatoms. The highest BCUT2D eigenvalue weighted by atomic mass is 32.2. The number of carbonyl (C=O) groups is 1. The summed E-state index contributed by atoms with van der Waals surface area (Å²) >= 11 is 1.21. The minimum absolute atomic E-state index is 0.162. The molecule has 1 N–H and O–H groups in total. The molecule has 0 aromatic carbocycles. The summed E-state index contributed by atoms with van der Waals surface area (Å²) in [6, 6.07) is 0. The van der Waals surface area contributed by atoms with Crippen molar-refractivity contribution in [2.24, 2.45) is 0 Å². The molecule has 0 atom stereocenters. The molecule has 2 rings (SSSR count). The van der Waals surface area contributed by atoms with E-state index in [0.717, 1.165) is 5.01 Å². The summed E-state index contributed by atoms with van der Waals surface area (Å²) in [5.41, 5.74) is 0.545. The largest absolute Gasteiger partial charge is 0.477 e. The van der Waals surface area contributed by atoms with Gasteiger partial charge in [0.15, 0.2) is 0 Å². The highest BCUT2D eigenvalue weighted by molar-refractivity contribution is 7.89. The van der Waals surface area contributed by atoms with Crippen LogP contribution in [0.3, 0.4) is 0 Å². The lowest BCUT2D eigenvalue weighted by molar-refractivity contribution is 0.0701. The zero-order valence-corrected chi connectivity index (χ0v) is 13.8. The van der Waals surface area contributed by atoms with E-state index in [-0.39, 0.29) is 16.5 Å². The number of carboxylic acids is 1. The Labute approximate surface area is 128 Å². The number of rotatable bonds is 5. The van der Waals surface area contributed by atoms with Crippen molar-refractivity contribution in [2.45, 2.75) is 39.0 Å². The van der Waals surface area contributed by atoms with Crippen molar-refractivity contribution in [3.63, 3.8) is 0 Å². The number of sulfonamides is 1. The van der Waals surface area contributed by atoms with E-state index in [1.54, 1.807) is 11.2 Å². The Hall–Kier alpha value is -0.990. The summed E-state index contributed by atoms with van der Waals surface area (Å²) in [6.45, 7) is 4.54. The molecular formula is C13H20N2O4S2. The lowest BCUT2D eigenvalue weighted by Crippen LogP contribution is -2.39. The lowest BCUT2D eigenvalue weighted by Gasteiger charge is -2.30. The first-order valence-electron chi connectivity index (χ1n) is 7.03. The molecule has 6 nitrogen and oxygen atoms in total. The predicted octanol–water partition coefficient (Wildman–Crippen LogP) is 2.07. The summed E-state index contributed by atoms with van der Waals surface area (Å²) in [5, 5.41) is 9.89. The van der Waals surface area contributed by atoms with Crippen LogP contribution in [0.4, 0.5) is 0 Å². The first kappa shape index (κ1) is 16.4. The van der Waals surface area contributed by atoms with Crippen molar-refractivity contribution >= 4 is 27.3 Å². The average molecular weight is 332 g/mol. The number of hydrogen-bond donors (Lipinski definition) is 1. The van der Waals surface area contributed by atoms with Gasteiger partial charge in [0.1, 0.15) is 4.88 Å². The maximum absolute atomic E-state index is 12.0. The van der Waals surface area contributed by atoms with Crippen molar-refractivity contribution in [3.05, 3.63) is 15.6 Å². The molecule has 1 aromatic heterocycles. The topological polar surface area (TPSA) is 87.6 Å². The molecule has 1 saturated heterocycles. The first-order chi connectivity index (χ1) is 9.85. The molecule has 0 saturated carbocycles. The van der Waals surface area contributed by atoms with Gasteiger partial charge in [-0.25, -0.2) is 22.5 Å². The number of aryl methyl sites for hydroxylation is 1. The van der Waals surface area contributed by atoms with E-state index in [9.17, 15) is 13.2 Å². The number of aromatic carboxylic acids is 1. The normalized spacial score (nSPS) is 18.0. The van der Waals surface area contributed by atoms with Gasteiger partial charge in [-0.1, -0.05) is 6.92 Å². The molecule has 1 aliphatic rings. The molecule has 2 heterocycles. The Balaban J connectivity index is 2.04. The van der Waals surface area contributed by atoms with Crippen LogP contribution in [-0.4, -0.2) is 47.6 Å². The molecule has 1 aliphatic heterocycles. The van der Waals surface area contributed by atoms with Crippen molar-refractivity contribution in [1.29, 1.82) is 0 Å². The van der Waals surface area contributed by atoms with Gasteiger partial charge in [0.2, 0.25) is 10.0 Å². The Morgan fingerprint density at radius 1 is 1.43 bits per heavy atom. The highest BCUT2D eigenvalue weighted by Crippen LogP contribution is 2.33. The smallest absolute Gasteiger partial charge is 0.347 e. The molecular weight excluding hydrogens is 312 g/mol. The van der Waals surface area contributed by atoms with Gasteiger partial charge in [0, 0.05) is 19.0 Å². The molecule has 1 fully saturated rings. The summed E-state index contributed by atoms with van der Waals surface area (Å²) < 4.78 is 25.6. The molecule has 0 radical (unpaired) electrons. The summed E-state index contributed by atoms with van der Waals surface area (Å²) in [7, 11) is -3.13. The lowest BCUT2D eigenvalue weighted by atomic mass is 9.99. The average Bonchev–Trinajstić information content (AvgIpc) is 2.81. The van der Waals surface area contributed by atoms with Crippen molar-refractivity contribution in [3.8, 4) is 0 Å². The van der Waals surface area contributed by atoms with Gasteiger partial charge < -0.3 is 5.11 Å². The summed E-state index contributed by atoms with van der Waals surface area (Å²) in [5.74, 6) is -0.592. The van der Waals surface area contributed by atoms with Gasteiger partial charge in [0.05, 0.1) is 16.5 Å². The molecule has 0 unspecified atom stereocenters. The SMILES string of the molecule is CCCS(=O)(=O)N1CCC(c2nc(C)c(C(=O)O)s2)CC1. The van der Waals surface area contributed by atoms with Crippen LogP contribution >= 0.6 is 11.3 Å². The maximum Gasteiger partial charge on any atom is 0.347 e. The van der Waals surface area contributed by atoms with Gasteiger partial charge >= 0.3 is 5.97 Å². The van der Waals surface area contributed by atoms with Crippen LogP contribution in [0.25, 0.3) is 0 Å². The molecule has 21 heavy (non-hydrogen) atoms. The quantitative estimate of drug-likeness (QED) is 0.892. The van der Waals surface area contributed by atoms with Crippen LogP contribution in [0.15, 0.2) is 0 Å². The van der Waals surface area contributed by atoms with Crippen LogP contribution in [0, 0.1) is 6.92 Å². The first-order valence-corrected chi connectivity index (χ1v) is 9.46. The van der Waals surface area contributed by atoms with Gasteiger partial charge in [-0.3, -0.25) is 0 Å². The summed E-state index contributed by atoms with van der Waals surface area (Å²) in [6.07, 6.45) is 2.03. The second-order valence-corrected chi connectivity index (χ2v) is 8.38. The van der Waals surface area contributed by atoms with E-state index in [1.165, 1.54) is 11.3 Å². The standard InChI is InChI=1S/C13H20N2O4S2/c1-3-8-21(18,19)15-6-4-10(5-7-15)12-14-9(2)11(20-12)13(16)17/h10H,3-8H2,1-2H3,(H,16,17). The van der Waals surface area contributed by atoms with Crippen molar-refractivity contribution in [1.82, 2.24) is 9.29 Å². The van der Waals surface area contributed by atoms with Crippen LogP contribution < -0.4 is 0 Å². The van der Waals surface area contributed by atoms with Crippen molar-refractivity contribution in [2.75, 3.05) is 18.8 Å². The second-order valence-electron chi connectivity index (χ2n) is 5.26. The Kier molecular flexibility index (Phi) is 5.00. The van der Waals surface area contributed by atoms with E-state index in [4.69, 9.17) is 5.11 Å². The third-order valence-corrected chi connectivity index (χ3v) is 7.05. The number of aromatic nitrogens is 1. The third-order valence-electron chi connectivity index (χ3n) is 3.67. The number of thiazole rings is 1. The molecule has 0 amide bonds. The maximum atomic E-state index is 12.0. The molecule has 0 bridgehead atoms. The molecule has 0 aliphatic carbocycles. The Morgan fingerprint density at radius 2 is 2.05 bits per heavy atom. The van der Waals surface area contributed by atoms with E-state index in [2.05, 4.69) is 4.98 Å². The van der Waals surface area contributed by atoms with Crippen LogP contribution in [0.5, 0.6) is 0 Å². The fourth-order valence-corrected chi connectivity index (χ4v) is 5.17. The van der Waals surface area contributed by atoms with E-state index < -0.39 is 16.0 Å². The monoisotopic (exact) mass is 332 g/mol. The fourth-order valence-electron chi connectivity index (χ4n) is 2.56. The second kappa shape index (κ2) is 6.41. The van der Waals surface area contributed by atoms with E-state index >= 15 is 0 Å². The Bertz CT molecular complexity index is 616. The van der Waals surface area contributed by atoms with Gasteiger partial charge in [-0.05, 0) is 26.2 Å². The van der Waals surface area contributed by atoms with Gasteiger partial charge in [-0.2, -0.15) is 0 Å². The number of nitrogens with zero attached hydrogens (tertiary/aromatic N) is 2. The zero-order valence-electron chi connectivity index (χ0n) is 12.2. The van der Waals surface area contributed by atoms with Crippen molar-refractivity contribution < 1.29 is 18.3 Å². The Morgan fingerprint density at radius 3 is 2.52 bits per heavy atom. The highest BCUT2D eigenvalue weighted by Gasteiger charge is 2.30. The van der Waals surface area contributed by atoms with E-state index in [1.807, 2.05) is 6.92 Å². The zero-order chi connectivity index (χ0) is 15.6. The minimum atomic E-state index is -3.13. The van der Waals surface area contributed by atoms with Crippen LogP contribution in [-0.2, 0) is 10.0 Å². The van der Waals surface area contributed by atoms with Gasteiger partial charge in [-0.15, -0.1) is 11.3 Å². The van der Waals surface area contributed by atoms with Crippen LogP contribution in [0.1, 0.15) is 52.5 Å². The van der Waals surface area contributed by atoms with E-state index in [0.29, 0.717) is 38.0 Å². The molecule has 1 aromatic rings. The van der Waals surface area contributed by atoms with Gasteiger partial charge in [0.25, 0.3) is 0 Å². The van der Waals surface area contributed by atoms with Crippen LogP contribution in [0.2, 0.25) is 0 Å².